The zero-order valence-corrected chi connectivity index (χ0v) is 15.8. The summed E-state index contributed by atoms with van der Waals surface area (Å²) in [5.41, 5.74) is 3.50. The van der Waals surface area contributed by atoms with Crippen LogP contribution in [0.2, 0.25) is 0 Å². The van der Waals surface area contributed by atoms with Gasteiger partial charge in [0.15, 0.2) is 6.61 Å². The molecule has 4 rings (SSSR count). The Kier molecular flexibility index (Phi) is 5.33. The number of amides is 1. The summed E-state index contributed by atoms with van der Waals surface area (Å²) in [5, 5.41) is 6.83. The third-order valence-corrected chi connectivity index (χ3v) is 4.24. The minimum absolute atomic E-state index is 0.100. The Morgan fingerprint density at radius 3 is 2.55 bits per heavy atom. The second kappa shape index (κ2) is 8.39. The first kappa shape index (κ1) is 18.4. The van der Waals surface area contributed by atoms with Crippen LogP contribution < -0.4 is 10.1 Å². The van der Waals surface area contributed by atoms with E-state index < -0.39 is 0 Å². The molecule has 0 aliphatic heterocycles. The van der Waals surface area contributed by atoms with Gasteiger partial charge in [0, 0.05) is 16.8 Å². The van der Waals surface area contributed by atoms with E-state index in [9.17, 15) is 4.79 Å². The Balaban J connectivity index is 1.42. The highest BCUT2D eigenvalue weighted by molar-refractivity contribution is 5.91. The van der Waals surface area contributed by atoms with Crippen molar-refractivity contribution in [2.75, 3.05) is 11.9 Å². The molecule has 0 atom stereocenters. The molecule has 0 spiro atoms. The molecular formula is C23H19N3O3. The van der Waals surface area contributed by atoms with Crippen LogP contribution in [0.4, 0.5) is 5.69 Å². The summed E-state index contributed by atoms with van der Waals surface area (Å²) in [6.07, 6.45) is 0. The van der Waals surface area contributed by atoms with Crippen molar-refractivity contribution < 1.29 is 14.1 Å². The Hall–Kier alpha value is -3.93. The number of anilines is 1. The van der Waals surface area contributed by atoms with Gasteiger partial charge >= 0.3 is 0 Å². The molecule has 0 radical (unpaired) electrons. The van der Waals surface area contributed by atoms with Crippen molar-refractivity contribution in [1.29, 1.82) is 0 Å². The molecular weight excluding hydrogens is 366 g/mol. The Labute approximate surface area is 168 Å². The van der Waals surface area contributed by atoms with Crippen molar-refractivity contribution in [1.82, 2.24) is 10.1 Å². The van der Waals surface area contributed by atoms with Gasteiger partial charge < -0.3 is 14.6 Å². The number of hydrogen-bond acceptors (Lipinski definition) is 5. The SMILES string of the molecule is Cc1ccc(-c2noc(-c3cccc(OCC(=O)Nc4ccccc4)c3)n2)cc1. The number of nitrogens with zero attached hydrogens (tertiary/aromatic N) is 2. The van der Waals surface area contributed by atoms with E-state index in [0.29, 0.717) is 17.5 Å². The average molecular weight is 385 g/mol. The van der Waals surface area contributed by atoms with Crippen LogP contribution in [-0.2, 0) is 4.79 Å². The van der Waals surface area contributed by atoms with Gasteiger partial charge in [-0.1, -0.05) is 59.3 Å². The summed E-state index contributed by atoms with van der Waals surface area (Å²) < 4.78 is 11.0. The fourth-order valence-electron chi connectivity index (χ4n) is 2.75. The van der Waals surface area contributed by atoms with Crippen LogP contribution >= 0.6 is 0 Å². The molecule has 0 unspecified atom stereocenters. The number of carbonyl (C=O) groups excluding carboxylic acids is 1. The van der Waals surface area contributed by atoms with Crippen LogP contribution in [0.1, 0.15) is 5.56 Å². The molecule has 144 valence electrons. The van der Waals surface area contributed by atoms with Crippen molar-refractivity contribution in [3.63, 3.8) is 0 Å². The first-order valence-electron chi connectivity index (χ1n) is 9.16. The van der Waals surface area contributed by atoms with Crippen LogP contribution in [0, 0.1) is 6.92 Å². The molecule has 0 saturated heterocycles. The molecule has 4 aromatic rings. The quantitative estimate of drug-likeness (QED) is 0.519. The van der Waals surface area contributed by atoms with Gasteiger partial charge in [-0.3, -0.25) is 4.79 Å². The van der Waals surface area contributed by atoms with E-state index in [2.05, 4.69) is 15.5 Å². The van der Waals surface area contributed by atoms with E-state index in [1.54, 1.807) is 12.1 Å². The van der Waals surface area contributed by atoms with Crippen LogP contribution in [0.25, 0.3) is 22.8 Å². The summed E-state index contributed by atoms with van der Waals surface area (Å²) in [7, 11) is 0. The smallest absolute Gasteiger partial charge is 0.262 e. The number of para-hydroxylation sites is 1. The van der Waals surface area contributed by atoms with Crippen LogP contribution in [0.3, 0.4) is 0 Å². The summed E-state index contributed by atoms with van der Waals surface area (Å²) in [4.78, 5) is 16.5. The van der Waals surface area contributed by atoms with Gasteiger partial charge in [-0.25, -0.2) is 0 Å². The molecule has 6 nitrogen and oxygen atoms in total. The first-order valence-corrected chi connectivity index (χ1v) is 9.16. The van der Waals surface area contributed by atoms with Crippen molar-refractivity contribution >= 4 is 11.6 Å². The number of aromatic nitrogens is 2. The Morgan fingerprint density at radius 2 is 1.76 bits per heavy atom. The van der Waals surface area contributed by atoms with Crippen LogP contribution in [0.5, 0.6) is 5.75 Å². The summed E-state index contributed by atoms with van der Waals surface area (Å²) in [5.74, 6) is 1.22. The normalized spacial score (nSPS) is 10.5. The molecule has 1 N–H and O–H groups in total. The lowest BCUT2D eigenvalue weighted by Gasteiger charge is -2.08. The average Bonchev–Trinajstić information content (AvgIpc) is 3.24. The topological polar surface area (TPSA) is 77.2 Å². The molecule has 0 aliphatic carbocycles. The summed E-state index contributed by atoms with van der Waals surface area (Å²) in [6, 6.07) is 24.4. The highest BCUT2D eigenvalue weighted by atomic mass is 16.5. The predicted octanol–water partition coefficient (Wildman–Crippen LogP) is 4.73. The molecule has 1 heterocycles. The number of nitrogens with one attached hydrogen (secondary N) is 1. The maximum absolute atomic E-state index is 12.0. The van der Waals surface area contributed by atoms with E-state index >= 15 is 0 Å². The Morgan fingerprint density at radius 1 is 0.966 bits per heavy atom. The zero-order chi connectivity index (χ0) is 20.1. The molecule has 1 amide bonds. The van der Waals surface area contributed by atoms with Crippen molar-refractivity contribution in [2.24, 2.45) is 0 Å². The molecule has 0 saturated carbocycles. The van der Waals surface area contributed by atoms with Crippen molar-refractivity contribution in [2.45, 2.75) is 6.92 Å². The van der Waals surface area contributed by atoms with Gasteiger partial charge in [-0.05, 0) is 37.3 Å². The third-order valence-electron chi connectivity index (χ3n) is 4.24. The predicted molar refractivity (Wildman–Crippen MR) is 110 cm³/mol. The van der Waals surface area contributed by atoms with E-state index in [4.69, 9.17) is 9.26 Å². The number of ether oxygens (including phenoxy) is 1. The lowest BCUT2D eigenvalue weighted by Crippen LogP contribution is -2.20. The number of aryl methyl sites for hydroxylation is 1. The zero-order valence-electron chi connectivity index (χ0n) is 15.8. The van der Waals surface area contributed by atoms with Gasteiger partial charge in [0.1, 0.15) is 5.75 Å². The molecule has 0 bridgehead atoms. The van der Waals surface area contributed by atoms with Crippen LogP contribution in [0.15, 0.2) is 83.4 Å². The maximum atomic E-state index is 12.0. The van der Waals surface area contributed by atoms with E-state index in [0.717, 1.165) is 16.8 Å². The van der Waals surface area contributed by atoms with Gasteiger partial charge in [0.2, 0.25) is 5.82 Å². The monoisotopic (exact) mass is 385 g/mol. The van der Waals surface area contributed by atoms with Gasteiger partial charge in [-0.15, -0.1) is 0 Å². The molecule has 6 heteroatoms. The third kappa shape index (κ3) is 4.68. The Bertz CT molecular complexity index is 1110. The first-order chi connectivity index (χ1) is 14.2. The molecule has 1 aromatic heterocycles. The summed E-state index contributed by atoms with van der Waals surface area (Å²) >= 11 is 0. The number of rotatable bonds is 6. The maximum Gasteiger partial charge on any atom is 0.262 e. The number of carbonyl (C=O) groups is 1. The van der Waals surface area contributed by atoms with E-state index in [-0.39, 0.29) is 12.5 Å². The van der Waals surface area contributed by atoms with Gasteiger partial charge in [0.05, 0.1) is 0 Å². The lowest BCUT2D eigenvalue weighted by atomic mass is 10.1. The number of hydrogen-bond donors (Lipinski definition) is 1. The van der Waals surface area contributed by atoms with E-state index in [1.165, 1.54) is 5.56 Å². The van der Waals surface area contributed by atoms with Gasteiger partial charge in [0.25, 0.3) is 11.8 Å². The van der Waals surface area contributed by atoms with Gasteiger partial charge in [-0.2, -0.15) is 4.98 Å². The van der Waals surface area contributed by atoms with Crippen LogP contribution in [-0.4, -0.2) is 22.7 Å². The second-order valence-corrected chi connectivity index (χ2v) is 6.52. The summed E-state index contributed by atoms with van der Waals surface area (Å²) in [6.45, 7) is 1.92. The highest BCUT2D eigenvalue weighted by Crippen LogP contribution is 2.25. The van der Waals surface area contributed by atoms with Crippen molar-refractivity contribution in [3.8, 4) is 28.6 Å². The van der Waals surface area contributed by atoms with Crippen molar-refractivity contribution in [3.05, 3.63) is 84.4 Å². The standard InChI is InChI=1S/C23H19N3O3/c1-16-10-12-17(13-11-16)22-25-23(29-26-22)18-6-5-9-20(14-18)28-15-21(27)24-19-7-3-2-4-8-19/h2-14H,15H2,1H3,(H,24,27). The highest BCUT2D eigenvalue weighted by Gasteiger charge is 2.12. The molecule has 29 heavy (non-hydrogen) atoms. The lowest BCUT2D eigenvalue weighted by molar-refractivity contribution is -0.118. The molecule has 0 aliphatic rings. The minimum atomic E-state index is -0.235. The second-order valence-electron chi connectivity index (χ2n) is 6.52. The largest absolute Gasteiger partial charge is 0.484 e. The fourth-order valence-corrected chi connectivity index (χ4v) is 2.75. The van der Waals surface area contributed by atoms with E-state index in [1.807, 2.05) is 73.7 Å². The molecule has 0 fully saturated rings. The fraction of sp³-hybridized carbons (Fsp3) is 0.0870. The molecule has 3 aromatic carbocycles. The minimum Gasteiger partial charge on any atom is -0.484 e. The number of benzene rings is 3.